The summed E-state index contributed by atoms with van der Waals surface area (Å²) >= 11 is 0. The molecule has 0 fully saturated rings. The molecule has 0 aliphatic heterocycles. The number of carbonyl (C=O) groups excluding carboxylic acids is 1. The Morgan fingerprint density at radius 3 is 1.68 bits per heavy atom. The highest BCUT2D eigenvalue weighted by Crippen LogP contribution is 2.39. The number of hydrogen-bond acceptors (Lipinski definition) is 3. The second kappa shape index (κ2) is 9.80. The molecule has 31 heavy (non-hydrogen) atoms. The van der Waals surface area contributed by atoms with Gasteiger partial charge in [-0.25, -0.2) is 4.79 Å². The molecule has 0 aliphatic rings. The Labute approximate surface area is 186 Å². The summed E-state index contributed by atoms with van der Waals surface area (Å²) in [4.78, 5) is 12.5. The molecule has 0 spiro atoms. The second-order valence-corrected chi connectivity index (χ2v) is 12.6. The molecule has 0 bridgehead atoms. The van der Waals surface area contributed by atoms with Crippen molar-refractivity contribution in [3.63, 3.8) is 0 Å². The summed E-state index contributed by atoms with van der Waals surface area (Å²) in [5, 5.41) is 2.09. The van der Waals surface area contributed by atoms with Gasteiger partial charge in [-0.15, -0.1) is 0 Å². The Bertz CT molecular complexity index is 967. The van der Waals surface area contributed by atoms with Crippen molar-refractivity contribution >= 4 is 30.4 Å². The lowest BCUT2D eigenvalue weighted by Crippen LogP contribution is -2.66. The van der Waals surface area contributed by atoms with Crippen LogP contribution in [0.25, 0.3) is 5.76 Å². The first-order chi connectivity index (χ1) is 14.9. The van der Waals surface area contributed by atoms with Gasteiger partial charge in [0.2, 0.25) is 0 Å². The van der Waals surface area contributed by atoms with E-state index in [2.05, 4.69) is 45.0 Å². The number of hydrogen-bond donors (Lipinski definition) is 0. The number of esters is 1. The minimum atomic E-state index is -2.86. The van der Waals surface area contributed by atoms with E-state index < -0.39 is 14.3 Å². The van der Waals surface area contributed by atoms with E-state index in [1.165, 1.54) is 6.08 Å². The zero-order valence-corrected chi connectivity index (χ0v) is 19.7. The number of rotatable bonds is 7. The minimum absolute atomic E-state index is 0.210. The second-order valence-electron chi connectivity index (χ2n) is 8.39. The standard InChI is InChI=1S/C27H30O3Si/c1-5-29-26(28)21-25(22-15-9-6-10-16-22)30-31(27(2,3)4,23-17-11-7-12-18-23)24-19-13-8-14-20-24/h6-21H,5H2,1-4H3/b25-21-. The fourth-order valence-electron chi connectivity index (χ4n) is 3.88. The van der Waals surface area contributed by atoms with Crippen LogP contribution in [0.1, 0.15) is 33.3 Å². The Hall–Kier alpha value is -3.11. The van der Waals surface area contributed by atoms with Crippen LogP contribution in [0.3, 0.4) is 0 Å². The average Bonchev–Trinajstić information content (AvgIpc) is 2.78. The van der Waals surface area contributed by atoms with Crippen LogP contribution in [0.5, 0.6) is 0 Å². The molecular formula is C27H30O3Si. The van der Waals surface area contributed by atoms with Crippen molar-refractivity contribution in [2.24, 2.45) is 0 Å². The first-order valence-electron chi connectivity index (χ1n) is 10.6. The Kier molecular flexibility index (Phi) is 7.13. The van der Waals surface area contributed by atoms with Crippen LogP contribution in [0.15, 0.2) is 97.1 Å². The summed E-state index contributed by atoms with van der Waals surface area (Å²) in [7, 11) is -2.86. The Morgan fingerprint density at radius 1 is 0.806 bits per heavy atom. The quantitative estimate of drug-likeness (QED) is 0.225. The van der Waals surface area contributed by atoms with Crippen molar-refractivity contribution in [1.29, 1.82) is 0 Å². The highest BCUT2D eigenvalue weighted by molar-refractivity contribution is 7.00. The monoisotopic (exact) mass is 430 g/mol. The molecule has 0 radical (unpaired) electrons. The van der Waals surface area contributed by atoms with Gasteiger partial charge in [-0.05, 0) is 22.3 Å². The summed E-state index contributed by atoms with van der Waals surface area (Å²) in [6.45, 7) is 8.76. The number of ether oxygens (including phenoxy) is 1. The lowest BCUT2D eigenvalue weighted by molar-refractivity contribution is -0.137. The molecule has 0 saturated heterocycles. The van der Waals surface area contributed by atoms with Crippen LogP contribution in [-0.4, -0.2) is 20.9 Å². The molecule has 3 nitrogen and oxygen atoms in total. The van der Waals surface area contributed by atoms with E-state index >= 15 is 0 Å². The van der Waals surface area contributed by atoms with E-state index in [1.54, 1.807) is 6.92 Å². The molecule has 3 rings (SSSR count). The molecule has 0 saturated carbocycles. The summed E-state index contributed by atoms with van der Waals surface area (Å²) in [5.74, 6) is 0.132. The van der Waals surface area contributed by atoms with Gasteiger partial charge in [-0.1, -0.05) is 112 Å². The highest BCUT2D eigenvalue weighted by Gasteiger charge is 2.52. The lowest BCUT2D eigenvalue weighted by Gasteiger charge is -2.43. The van der Waals surface area contributed by atoms with Gasteiger partial charge in [0.25, 0.3) is 0 Å². The van der Waals surface area contributed by atoms with Gasteiger partial charge in [0.05, 0.1) is 12.7 Å². The lowest BCUT2D eigenvalue weighted by atomic mass is 10.2. The van der Waals surface area contributed by atoms with E-state index in [4.69, 9.17) is 9.16 Å². The molecule has 0 unspecified atom stereocenters. The molecule has 3 aromatic carbocycles. The molecule has 0 atom stereocenters. The van der Waals surface area contributed by atoms with Gasteiger partial charge < -0.3 is 9.16 Å². The Morgan fingerprint density at radius 2 is 1.26 bits per heavy atom. The largest absolute Gasteiger partial charge is 0.533 e. The van der Waals surface area contributed by atoms with Crippen LogP contribution < -0.4 is 10.4 Å². The minimum Gasteiger partial charge on any atom is -0.533 e. The molecule has 0 aromatic heterocycles. The van der Waals surface area contributed by atoms with Crippen molar-refractivity contribution < 1.29 is 14.0 Å². The molecule has 0 heterocycles. The van der Waals surface area contributed by atoms with Gasteiger partial charge in [0.15, 0.2) is 0 Å². The van der Waals surface area contributed by atoms with Crippen LogP contribution in [0, 0.1) is 0 Å². The van der Waals surface area contributed by atoms with Crippen molar-refractivity contribution in [3.05, 3.63) is 103 Å². The third-order valence-corrected chi connectivity index (χ3v) is 10.2. The number of carbonyl (C=O) groups is 1. The smallest absolute Gasteiger partial charge is 0.334 e. The predicted molar refractivity (Wildman–Crippen MR) is 130 cm³/mol. The predicted octanol–water partition coefficient (Wildman–Crippen LogP) is 5.17. The zero-order valence-electron chi connectivity index (χ0n) is 18.7. The van der Waals surface area contributed by atoms with E-state index in [0.717, 1.165) is 15.9 Å². The summed E-state index contributed by atoms with van der Waals surface area (Å²) < 4.78 is 12.3. The Balaban J connectivity index is 2.26. The highest BCUT2D eigenvalue weighted by atomic mass is 28.4. The maximum Gasteiger partial charge on any atom is 0.334 e. The van der Waals surface area contributed by atoms with E-state index in [0.29, 0.717) is 12.4 Å². The summed E-state index contributed by atoms with van der Waals surface area (Å²) in [6.07, 6.45) is 1.48. The first kappa shape index (κ1) is 22.6. The van der Waals surface area contributed by atoms with E-state index in [-0.39, 0.29) is 5.04 Å². The molecule has 4 heteroatoms. The van der Waals surface area contributed by atoms with Crippen LogP contribution >= 0.6 is 0 Å². The first-order valence-corrected chi connectivity index (χ1v) is 12.5. The molecule has 3 aromatic rings. The van der Waals surface area contributed by atoms with Crippen molar-refractivity contribution in [2.45, 2.75) is 32.7 Å². The molecule has 0 amide bonds. The van der Waals surface area contributed by atoms with Crippen LogP contribution in [0.4, 0.5) is 0 Å². The molecule has 160 valence electrons. The summed E-state index contributed by atoms with van der Waals surface area (Å²) in [6, 6.07) is 30.5. The normalized spacial score (nSPS) is 12.3. The molecular weight excluding hydrogens is 400 g/mol. The van der Waals surface area contributed by atoms with Crippen molar-refractivity contribution in [2.75, 3.05) is 6.61 Å². The van der Waals surface area contributed by atoms with Gasteiger partial charge in [-0.3, -0.25) is 0 Å². The van der Waals surface area contributed by atoms with E-state index in [1.807, 2.05) is 66.7 Å². The fourth-order valence-corrected chi connectivity index (χ4v) is 8.32. The molecule has 0 aliphatic carbocycles. The summed E-state index contributed by atoms with van der Waals surface area (Å²) in [5.41, 5.74) is 0.851. The van der Waals surface area contributed by atoms with Crippen LogP contribution in [0.2, 0.25) is 5.04 Å². The third kappa shape index (κ3) is 4.97. The van der Waals surface area contributed by atoms with Gasteiger partial charge >= 0.3 is 14.3 Å². The van der Waals surface area contributed by atoms with Crippen molar-refractivity contribution in [1.82, 2.24) is 0 Å². The number of benzene rings is 3. The SMILES string of the molecule is CCOC(=O)/C=C(\O[Si](c1ccccc1)(c1ccccc1)C(C)(C)C)c1ccccc1. The zero-order chi connectivity index (χ0) is 22.3. The van der Waals surface area contributed by atoms with Crippen molar-refractivity contribution in [3.8, 4) is 0 Å². The topological polar surface area (TPSA) is 35.5 Å². The average molecular weight is 431 g/mol. The van der Waals surface area contributed by atoms with E-state index in [9.17, 15) is 4.79 Å². The van der Waals surface area contributed by atoms with Gasteiger partial charge in [-0.2, -0.15) is 0 Å². The van der Waals surface area contributed by atoms with Gasteiger partial charge in [0.1, 0.15) is 5.76 Å². The maximum atomic E-state index is 12.5. The third-order valence-electron chi connectivity index (χ3n) is 5.27. The maximum absolute atomic E-state index is 12.5. The van der Waals surface area contributed by atoms with Crippen LogP contribution in [-0.2, 0) is 14.0 Å². The fraction of sp³-hybridized carbons (Fsp3) is 0.222. The van der Waals surface area contributed by atoms with Gasteiger partial charge in [0, 0.05) is 5.56 Å². The molecule has 0 N–H and O–H groups in total.